The summed E-state index contributed by atoms with van der Waals surface area (Å²) in [5, 5.41) is 10.8. The third-order valence-electron chi connectivity index (χ3n) is 4.08. The summed E-state index contributed by atoms with van der Waals surface area (Å²) < 4.78 is 5.29. The molecule has 25 heavy (non-hydrogen) atoms. The molecule has 136 valence electrons. The van der Waals surface area contributed by atoms with Gasteiger partial charge in [-0.15, -0.1) is 12.4 Å². The average molecular weight is 406 g/mol. The van der Waals surface area contributed by atoms with Gasteiger partial charge in [0, 0.05) is 34.9 Å². The van der Waals surface area contributed by atoms with Crippen molar-refractivity contribution < 1.29 is 9.53 Å². The molecule has 0 spiro atoms. The fraction of sp³-hybridized carbons (Fsp3) is 0.375. The number of halogens is 3. The molecule has 1 atom stereocenters. The zero-order chi connectivity index (χ0) is 17.1. The fourth-order valence-electron chi connectivity index (χ4n) is 2.74. The topological polar surface area (TPSA) is 93.0 Å². The Morgan fingerprint density at radius 3 is 2.52 bits per heavy atom. The molecule has 4 N–H and O–H groups in total. The Labute approximate surface area is 161 Å². The first-order valence-electron chi connectivity index (χ1n) is 7.69. The Bertz CT molecular complexity index is 712. The highest BCUT2D eigenvalue weighted by Crippen LogP contribution is 2.27. The molecule has 3 rings (SSSR count). The van der Waals surface area contributed by atoms with Gasteiger partial charge in [-0.05, 0) is 37.0 Å². The molecule has 0 saturated carbocycles. The number of nitrogens with one attached hydrogen (secondary N) is 2. The number of anilines is 1. The van der Waals surface area contributed by atoms with E-state index >= 15 is 0 Å². The molecule has 2 aromatic rings. The second-order valence-corrected chi connectivity index (χ2v) is 6.66. The Kier molecular flexibility index (Phi) is 7.10. The summed E-state index contributed by atoms with van der Waals surface area (Å²) in [5.74, 6) is 0.293. The van der Waals surface area contributed by atoms with Crippen molar-refractivity contribution in [3.8, 4) is 11.3 Å². The van der Waals surface area contributed by atoms with E-state index < -0.39 is 6.04 Å². The predicted molar refractivity (Wildman–Crippen MR) is 101 cm³/mol. The number of carbonyl (C=O) groups is 1. The Balaban J connectivity index is 0.00000225. The number of aromatic amines is 1. The highest BCUT2D eigenvalue weighted by atomic mass is 35.5. The number of ether oxygens (including phenoxy) is 1. The summed E-state index contributed by atoms with van der Waals surface area (Å²) in [6, 6.07) is 6.32. The number of nitrogens with two attached hydrogens (primary N) is 1. The molecule has 0 aliphatic carbocycles. The van der Waals surface area contributed by atoms with Crippen molar-refractivity contribution in [2.75, 3.05) is 18.5 Å². The summed E-state index contributed by atoms with van der Waals surface area (Å²) >= 11 is 12.0. The quantitative estimate of drug-likeness (QED) is 0.726. The van der Waals surface area contributed by atoms with Crippen LogP contribution in [-0.2, 0) is 9.53 Å². The third-order valence-corrected chi connectivity index (χ3v) is 4.52. The van der Waals surface area contributed by atoms with Crippen LogP contribution >= 0.6 is 35.6 Å². The van der Waals surface area contributed by atoms with E-state index in [2.05, 4.69) is 15.5 Å². The minimum absolute atomic E-state index is 0. The van der Waals surface area contributed by atoms with Crippen molar-refractivity contribution in [2.45, 2.75) is 18.9 Å². The smallest absolute Gasteiger partial charge is 0.242 e. The normalized spacial score (nSPS) is 16.1. The molecular formula is C16H19Cl3N4O2. The molecular weight excluding hydrogens is 387 g/mol. The second-order valence-electron chi connectivity index (χ2n) is 5.79. The van der Waals surface area contributed by atoms with Crippen LogP contribution in [0.1, 0.15) is 12.8 Å². The van der Waals surface area contributed by atoms with Gasteiger partial charge in [0.15, 0.2) is 5.82 Å². The lowest BCUT2D eigenvalue weighted by Gasteiger charge is -2.26. The van der Waals surface area contributed by atoms with Crippen molar-refractivity contribution in [2.24, 2.45) is 11.7 Å². The van der Waals surface area contributed by atoms with E-state index in [1.807, 2.05) is 0 Å². The molecule has 1 unspecified atom stereocenters. The van der Waals surface area contributed by atoms with Gasteiger partial charge in [-0.3, -0.25) is 9.89 Å². The van der Waals surface area contributed by atoms with Crippen LogP contribution in [0.2, 0.25) is 10.0 Å². The van der Waals surface area contributed by atoms with Crippen LogP contribution in [-0.4, -0.2) is 35.4 Å². The van der Waals surface area contributed by atoms with Gasteiger partial charge in [0.1, 0.15) is 0 Å². The maximum absolute atomic E-state index is 12.3. The standard InChI is InChI=1S/C16H18Cl2N4O2.ClH/c17-11-5-10(6-12(18)7-11)13-8-14(22-21-13)20-16(23)15(19)9-1-3-24-4-2-9;/h5-9,15H,1-4,19H2,(H2,20,21,22,23);1H. The Morgan fingerprint density at radius 2 is 1.88 bits per heavy atom. The molecule has 1 aromatic heterocycles. The molecule has 1 amide bonds. The number of rotatable bonds is 4. The van der Waals surface area contributed by atoms with Crippen molar-refractivity contribution in [1.29, 1.82) is 0 Å². The maximum atomic E-state index is 12.3. The van der Waals surface area contributed by atoms with Crippen LogP contribution in [0.3, 0.4) is 0 Å². The van der Waals surface area contributed by atoms with Crippen LogP contribution in [0.4, 0.5) is 5.82 Å². The lowest BCUT2D eigenvalue weighted by Crippen LogP contribution is -2.44. The van der Waals surface area contributed by atoms with Gasteiger partial charge in [0.05, 0.1) is 11.7 Å². The summed E-state index contributed by atoms with van der Waals surface area (Å²) in [5.41, 5.74) is 7.55. The second kappa shape index (κ2) is 8.87. The van der Waals surface area contributed by atoms with Crippen LogP contribution in [0.5, 0.6) is 0 Å². The molecule has 1 aliphatic rings. The number of hydrogen-bond acceptors (Lipinski definition) is 4. The van der Waals surface area contributed by atoms with E-state index in [0.717, 1.165) is 18.4 Å². The first-order chi connectivity index (χ1) is 11.5. The largest absolute Gasteiger partial charge is 0.381 e. The number of amides is 1. The van der Waals surface area contributed by atoms with Gasteiger partial charge in [0.25, 0.3) is 0 Å². The van der Waals surface area contributed by atoms with Crippen molar-refractivity contribution in [3.63, 3.8) is 0 Å². The van der Waals surface area contributed by atoms with E-state index in [0.29, 0.717) is 34.8 Å². The van der Waals surface area contributed by atoms with Crippen LogP contribution in [0.25, 0.3) is 11.3 Å². The first kappa shape index (κ1) is 20.0. The molecule has 1 aliphatic heterocycles. The monoisotopic (exact) mass is 404 g/mol. The SMILES string of the molecule is Cl.NC(C(=O)Nc1cc(-c2cc(Cl)cc(Cl)c2)[nH]n1)C1CCOCC1. The molecule has 0 radical (unpaired) electrons. The Hall–Kier alpha value is -1.31. The maximum Gasteiger partial charge on any atom is 0.242 e. The van der Waals surface area contributed by atoms with E-state index in [-0.39, 0.29) is 24.2 Å². The lowest BCUT2D eigenvalue weighted by molar-refractivity contribution is -0.119. The average Bonchev–Trinajstić information content (AvgIpc) is 3.02. The highest BCUT2D eigenvalue weighted by molar-refractivity contribution is 6.35. The van der Waals surface area contributed by atoms with Gasteiger partial charge in [0.2, 0.25) is 5.91 Å². The highest BCUT2D eigenvalue weighted by Gasteiger charge is 2.27. The minimum Gasteiger partial charge on any atom is -0.381 e. The van der Waals surface area contributed by atoms with Crippen molar-refractivity contribution in [3.05, 3.63) is 34.3 Å². The number of nitrogens with zero attached hydrogens (tertiary/aromatic N) is 1. The van der Waals surface area contributed by atoms with Gasteiger partial charge in [-0.2, -0.15) is 5.10 Å². The molecule has 0 bridgehead atoms. The molecule has 1 saturated heterocycles. The number of benzene rings is 1. The number of hydrogen-bond donors (Lipinski definition) is 3. The van der Waals surface area contributed by atoms with Crippen molar-refractivity contribution in [1.82, 2.24) is 10.2 Å². The summed E-state index contributed by atoms with van der Waals surface area (Å²) in [4.78, 5) is 12.3. The number of carbonyl (C=O) groups excluding carboxylic acids is 1. The molecule has 9 heteroatoms. The molecule has 1 fully saturated rings. The van der Waals surface area contributed by atoms with Gasteiger partial charge in [-0.25, -0.2) is 0 Å². The van der Waals surface area contributed by atoms with E-state index in [1.54, 1.807) is 24.3 Å². The van der Waals surface area contributed by atoms with Gasteiger partial charge in [-0.1, -0.05) is 23.2 Å². The molecule has 6 nitrogen and oxygen atoms in total. The number of aromatic nitrogens is 2. The summed E-state index contributed by atoms with van der Waals surface area (Å²) in [6.07, 6.45) is 1.59. The minimum atomic E-state index is -0.574. The van der Waals surface area contributed by atoms with Gasteiger partial charge >= 0.3 is 0 Å². The zero-order valence-electron chi connectivity index (χ0n) is 13.3. The first-order valence-corrected chi connectivity index (χ1v) is 8.44. The predicted octanol–water partition coefficient (Wildman–Crippen LogP) is 3.50. The van der Waals surface area contributed by atoms with E-state index in [9.17, 15) is 4.79 Å². The summed E-state index contributed by atoms with van der Waals surface area (Å²) in [6.45, 7) is 1.29. The Morgan fingerprint density at radius 1 is 1.24 bits per heavy atom. The number of H-pyrrole nitrogens is 1. The van der Waals surface area contributed by atoms with Gasteiger partial charge < -0.3 is 15.8 Å². The molecule has 1 aromatic carbocycles. The van der Waals surface area contributed by atoms with Crippen molar-refractivity contribution >= 4 is 47.3 Å². The zero-order valence-corrected chi connectivity index (χ0v) is 15.6. The molecule has 2 heterocycles. The van der Waals surface area contributed by atoms with Crippen LogP contribution in [0, 0.1) is 5.92 Å². The van der Waals surface area contributed by atoms with Crippen LogP contribution in [0.15, 0.2) is 24.3 Å². The third kappa shape index (κ3) is 5.09. The van der Waals surface area contributed by atoms with E-state index in [4.69, 9.17) is 33.7 Å². The summed E-state index contributed by atoms with van der Waals surface area (Å²) in [7, 11) is 0. The van der Waals surface area contributed by atoms with Crippen LogP contribution < -0.4 is 11.1 Å². The van der Waals surface area contributed by atoms with E-state index in [1.165, 1.54) is 0 Å². The fourth-order valence-corrected chi connectivity index (χ4v) is 3.27. The lowest BCUT2D eigenvalue weighted by atomic mass is 9.92.